The van der Waals surface area contributed by atoms with Crippen molar-refractivity contribution in [3.63, 3.8) is 0 Å². The molecule has 0 aliphatic heterocycles. The SMILES string of the molecule is COc1cc(Cn2cccn2)cc2onc(NS(=O)c3ccccc3)c12. The summed E-state index contributed by atoms with van der Waals surface area (Å²) in [6.07, 6.45) is 3.61. The van der Waals surface area contributed by atoms with E-state index in [1.54, 1.807) is 30.1 Å². The molecule has 0 aliphatic carbocycles. The predicted octanol–water partition coefficient (Wildman–Crippen LogP) is 3.22. The molecule has 0 radical (unpaired) electrons. The monoisotopic (exact) mass is 368 g/mol. The van der Waals surface area contributed by atoms with E-state index >= 15 is 0 Å². The molecule has 0 spiro atoms. The number of rotatable bonds is 6. The van der Waals surface area contributed by atoms with E-state index in [9.17, 15) is 4.21 Å². The summed E-state index contributed by atoms with van der Waals surface area (Å²) in [6, 6.07) is 14.7. The molecule has 0 fully saturated rings. The minimum Gasteiger partial charge on any atom is -0.496 e. The summed E-state index contributed by atoms with van der Waals surface area (Å²) in [7, 11) is 0.128. The lowest BCUT2D eigenvalue weighted by atomic mass is 10.1. The predicted molar refractivity (Wildman–Crippen MR) is 98.4 cm³/mol. The van der Waals surface area contributed by atoms with Gasteiger partial charge in [-0.2, -0.15) is 5.10 Å². The van der Waals surface area contributed by atoms with Crippen molar-refractivity contribution in [2.75, 3.05) is 11.8 Å². The zero-order chi connectivity index (χ0) is 17.9. The van der Waals surface area contributed by atoms with Gasteiger partial charge in [0.05, 0.1) is 18.6 Å². The van der Waals surface area contributed by atoms with Crippen molar-refractivity contribution in [1.82, 2.24) is 14.9 Å². The van der Waals surface area contributed by atoms with Crippen LogP contribution in [0, 0.1) is 0 Å². The normalized spacial score (nSPS) is 12.2. The zero-order valence-corrected chi connectivity index (χ0v) is 14.8. The Morgan fingerprint density at radius 3 is 2.81 bits per heavy atom. The molecule has 2 heterocycles. The van der Waals surface area contributed by atoms with Crippen molar-refractivity contribution in [2.24, 2.45) is 0 Å². The molecule has 0 bridgehead atoms. The standard InChI is InChI=1S/C18H16N4O3S/c1-24-15-10-13(12-22-9-5-8-19-22)11-16-17(15)18(20-25-16)21-26(23)14-6-3-2-4-7-14/h2-11H,12H2,1H3,(H,20,21). The quantitative estimate of drug-likeness (QED) is 0.565. The molecule has 0 saturated heterocycles. The average Bonchev–Trinajstić information content (AvgIpc) is 3.32. The Kier molecular flexibility index (Phi) is 4.40. The van der Waals surface area contributed by atoms with Crippen LogP contribution in [0.5, 0.6) is 5.75 Å². The first kappa shape index (κ1) is 16.3. The average molecular weight is 368 g/mol. The van der Waals surface area contributed by atoms with E-state index in [1.807, 2.05) is 42.6 Å². The van der Waals surface area contributed by atoms with E-state index in [1.165, 1.54) is 0 Å². The Morgan fingerprint density at radius 1 is 1.23 bits per heavy atom. The van der Waals surface area contributed by atoms with Gasteiger partial charge in [-0.05, 0) is 35.9 Å². The molecule has 1 atom stereocenters. The van der Waals surface area contributed by atoms with Gasteiger partial charge in [0.25, 0.3) is 0 Å². The third kappa shape index (κ3) is 3.18. The van der Waals surface area contributed by atoms with Crippen LogP contribution in [0.15, 0.2) is 70.3 Å². The second-order valence-electron chi connectivity index (χ2n) is 5.59. The van der Waals surface area contributed by atoms with E-state index in [-0.39, 0.29) is 0 Å². The topological polar surface area (TPSA) is 82.2 Å². The van der Waals surface area contributed by atoms with Crippen LogP contribution in [-0.2, 0) is 17.5 Å². The maximum absolute atomic E-state index is 12.5. The van der Waals surface area contributed by atoms with Gasteiger partial charge in [0.15, 0.2) is 22.4 Å². The number of methoxy groups -OCH3 is 1. The fraction of sp³-hybridized carbons (Fsp3) is 0.111. The third-order valence-corrected chi connectivity index (χ3v) is 4.95. The summed E-state index contributed by atoms with van der Waals surface area (Å²) in [5.74, 6) is 0.975. The number of fused-ring (bicyclic) bond motifs is 1. The minimum atomic E-state index is -1.45. The highest BCUT2D eigenvalue weighted by Gasteiger charge is 2.17. The van der Waals surface area contributed by atoms with Gasteiger partial charge in [0.1, 0.15) is 11.1 Å². The Bertz CT molecular complexity index is 1050. The summed E-state index contributed by atoms with van der Waals surface area (Å²) in [6.45, 7) is 0.582. The molecule has 1 unspecified atom stereocenters. The fourth-order valence-corrected chi connectivity index (χ4v) is 3.52. The molecule has 8 heteroatoms. The first-order chi connectivity index (χ1) is 12.7. The summed E-state index contributed by atoms with van der Waals surface area (Å²) in [5, 5.41) is 8.88. The van der Waals surface area contributed by atoms with Crippen molar-refractivity contribution in [3.05, 3.63) is 66.5 Å². The number of nitrogens with one attached hydrogen (secondary N) is 1. The Hall–Kier alpha value is -3.13. The molecule has 2 aromatic heterocycles. The lowest BCUT2D eigenvalue weighted by Gasteiger charge is -2.08. The highest BCUT2D eigenvalue weighted by atomic mass is 32.2. The molecule has 0 amide bonds. The van der Waals surface area contributed by atoms with Crippen molar-refractivity contribution in [3.8, 4) is 5.75 Å². The van der Waals surface area contributed by atoms with Gasteiger partial charge in [-0.1, -0.05) is 23.4 Å². The highest BCUT2D eigenvalue weighted by molar-refractivity contribution is 7.86. The van der Waals surface area contributed by atoms with E-state index in [0.29, 0.717) is 34.0 Å². The van der Waals surface area contributed by atoms with Gasteiger partial charge in [-0.25, -0.2) is 4.21 Å². The first-order valence-corrected chi connectivity index (χ1v) is 9.07. The number of hydrogen-bond donors (Lipinski definition) is 1. The Balaban J connectivity index is 1.67. The number of benzene rings is 2. The number of aromatic nitrogens is 3. The van der Waals surface area contributed by atoms with Crippen LogP contribution in [-0.4, -0.2) is 26.3 Å². The van der Waals surface area contributed by atoms with Crippen molar-refractivity contribution in [1.29, 1.82) is 0 Å². The Labute approximate surface area is 152 Å². The largest absolute Gasteiger partial charge is 0.496 e. The maximum Gasteiger partial charge on any atom is 0.193 e. The molecule has 26 heavy (non-hydrogen) atoms. The maximum atomic E-state index is 12.5. The smallest absolute Gasteiger partial charge is 0.193 e. The lowest BCUT2D eigenvalue weighted by molar-refractivity contribution is 0.418. The van der Waals surface area contributed by atoms with Crippen molar-refractivity contribution < 1.29 is 13.5 Å². The van der Waals surface area contributed by atoms with Crippen LogP contribution in [0.4, 0.5) is 5.82 Å². The lowest BCUT2D eigenvalue weighted by Crippen LogP contribution is -2.05. The van der Waals surface area contributed by atoms with Gasteiger partial charge in [0.2, 0.25) is 0 Å². The third-order valence-electron chi connectivity index (χ3n) is 3.87. The summed E-state index contributed by atoms with van der Waals surface area (Å²) in [5.41, 5.74) is 1.52. The number of hydrogen-bond acceptors (Lipinski definition) is 5. The molecule has 1 N–H and O–H groups in total. The van der Waals surface area contributed by atoms with E-state index in [4.69, 9.17) is 9.26 Å². The van der Waals surface area contributed by atoms with Gasteiger partial charge in [0, 0.05) is 12.4 Å². The summed E-state index contributed by atoms with van der Waals surface area (Å²) < 4.78 is 28.1. The summed E-state index contributed by atoms with van der Waals surface area (Å²) in [4.78, 5) is 0.651. The van der Waals surface area contributed by atoms with Crippen molar-refractivity contribution in [2.45, 2.75) is 11.4 Å². The summed E-state index contributed by atoms with van der Waals surface area (Å²) >= 11 is 0. The first-order valence-electron chi connectivity index (χ1n) is 7.92. The van der Waals surface area contributed by atoms with E-state index in [0.717, 1.165) is 5.56 Å². The molecule has 2 aromatic carbocycles. The second-order valence-corrected chi connectivity index (χ2v) is 6.80. The minimum absolute atomic E-state index is 0.379. The zero-order valence-electron chi connectivity index (χ0n) is 14.0. The number of ether oxygens (including phenoxy) is 1. The van der Waals surface area contributed by atoms with Crippen molar-refractivity contribution >= 4 is 27.8 Å². The highest BCUT2D eigenvalue weighted by Crippen LogP contribution is 2.34. The van der Waals surface area contributed by atoms with E-state index in [2.05, 4.69) is 15.0 Å². The van der Waals surface area contributed by atoms with Gasteiger partial charge in [-0.3, -0.25) is 9.40 Å². The molecule has 7 nitrogen and oxygen atoms in total. The molecule has 4 aromatic rings. The molecule has 132 valence electrons. The number of anilines is 1. The van der Waals surface area contributed by atoms with Crippen LogP contribution in [0.3, 0.4) is 0 Å². The molecular formula is C18H16N4O3S. The van der Waals surface area contributed by atoms with Crippen LogP contribution in [0.25, 0.3) is 11.0 Å². The molecular weight excluding hydrogens is 352 g/mol. The number of nitrogens with zero attached hydrogens (tertiary/aromatic N) is 3. The molecule has 0 saturated carbocycles. The van der Waals surface area contributed by atoms with Crippen LogP contribution in [0.2, 0.25) is 0 Å². The van der Waals surface area contributed by atoms with Gasteiger partial charge < -0.3 is 9.26 Å². The Morgan fingerprint density at radius 2 is 2.08 bits per heavy atom. The van der Waals surface area contributed by atoms with E-state index < -0.39 is 11.0 Å². The van der Waals surface area contributed by atoms with Gasteiger partial charge >= 0.3 is 0 Å². The second kappa shape index (κ2) is 7.01. The van der Waals surface area contributed by atoms with Crippen LogP contribution >= 0.6 is 0 Å². The van der Waals surface area contributed by atoms with Gasteiger partial charge in [-0.15, -0.1) is 0 Å². The fourth-order valence-electron chi connectivity index (χ4n) is 2.68. The molecule has 4 rings (SSSR count). The van der Waals surface area contributed by atoms with Crippen LogP contribution in [0.1, 0.15) is 5.56 Å². The molecule has 0 aliphatic rings. The van der Waals surface area contributed by atoms with Crippen LogP contribution < -0.4 is 9.46 Å².